The quantitative estimate of drug-likeness (QED) is 0.621. The molecule has 0 unspecified atom stereocenters. The highest BCUT2D eigenvalue weighted by Crippen LogP contribution is 2.26. The number of anilines is 1. The lowest BCUT2D eigenvalue weighted by Crippen LogP contribution is -2.02. The first kappa shape index (κ1) is 14.7. The third-order valence-corrected chi connectivity index (χ3v) is 3.40. The van der Waals surface area contributed by atoms with E-state index in [2.05, 4.69) is 10.3 Å². The van der Waals surface area contributed by atoms with E-state index in [0.717, 1.165) is 0 Å². The molecule has 0 amide bonds. The summed E-state index contributed by atoms with van der Waals surface area (Å²) in [7, 11) is 1.42. The van der Waals surface area contributed by atoms with Gasteiger partial charge in [-0.05, 0) is 0 Å². The Morgan fingerprint density at radius 2 is 2.29 bits per heavy atom. The number of hydrogen-bond donors (Lipinski definition) is 2. The van der Waals surface area contributed by atoms with Crippen LogP contribution in [-0.4, -0.2) is 28.1 Å². The normalized spacial score (nSPS) is 10.1. The lowest BCUT2D eigenvalue weighted by Gasteiger charge is -2.06. The molecule has 0 saturated carbocycles. The van der Waals surface area contributed by atoms with Gasteiger partial charge in [-0.2, -0.15) is 0 Å². The van der Waals surface area contributed by atoms with Crippen LogP contribution in [0.1, 0.15) is 15.5 Å². The zero-order valence-electron chi connectivity index (χ0n) is 10.9. The fraction of sp³-hybridized carbons (Fsp3) is 0.167. The number of ether oxygens (including phenoxy) is 1. The molecule has 0 aliphatic carbocycles. The van der Waals surface area contributed by atoms with E-state index in [4.69, 9.17) is 9.84 Å². The van der Waals surface area contributed by atoms with E-state index in [1.807, 2.05) is 0 Å². The summed E-state index contributed by atoms with van der Waals surface area (Å²) in [6.07, 6.45) is 0. The van der Waals surface area contributed by atoms with Crippen LogP contribution >= 0.6 is 11.3 Å². The van der Waals surface area contributed by atoms with Gasteiger partial charge in [0.25, 0.3) is 5.69 Å². The average molecular weight is 309 g/mol. The van der Waals surface area contributed by atoms with Crippen LogP contribution in [0.4, 0.5) is 11.4 Å². The summed E-state index contributed by atoms with van der Waals surface area (Å²) in [5, 5.41) is 24.6. The fourth-order valence-corrected chi connectivity index (χ4v) is 2.28. The smallest absolute Gasteiger partial charge is 0.355 e. The van der Waals surface area contributed by atoms with E-state index in [9.17, 15) is 14.9 Å². The van der Waals surface area contributed by atoms with Crippen LogP contribution in [-0.2, 0) is 6.54 Å². The summed E-state index contributed by atoms with van der Waals surface area (Å²) in [6.45, 7) is 0.266. The summed E-state index contributed by atoms with van der Waals surface area (Å²) in [5.41, 5.74) is 0.378. The molecule has 9 heteroatoms. The second kappa shape index (κ2) is 6.18. The highest BCUT2D eigenvalue weighted by atomic mass is 32.1. The minimum absolute atomic E-state index is 0.0200. The van der Waals surface area contributed by atoms with E-state index in [0.29, 0.717) is 16.4 Å². The van der Waals surface area contributed by atoms with Gasteiger partial charge in [0.1, 0.15) is 10.8 Å². The first-order chi connectivity index (χ1) is 9.99. The molecular formula is C12H11N3O5S. The van der Waals surface area contributed by atoms with E-state index in [1.54, 1.807) is 6.07 Å². The molecule has 110 valence electrons. The second-order valence-electron chi connectivity index (χ2n) is 3.96. The number of carbonyl (C=O) groups is 1. The van der Waals surface area contributed by atoms with E-state index in [-0.39, 0.29) is 17.9 Å². The molecule has 0 atom stereocenters. The summed E-state index contributed by atoms with van der Waals surface area (Å²) in [5.74, 6) is -0.730. The molecule has 8 nitrogen and oxygen atoms in total. The van der Waals surface area contributed by atoms with Crippen LogP contribution in [0.15, 0.2) is 23.6 Å². The van der Waals surface area contributed by atoms with Gasteiger partial charge in [-0.15, -0.1) is 11.3 Å². The number of nitro benzene ring substituents is 1. The number of rotatable bonds is 6. The zero-order valence-corrected chi connectivity index (χ0v) is 11.7. The van der Waals surface area contributed by atoms with Crippen LogP contribution in [0.25, 0.3) is 0 Å². The highest BCUT2D eigenvalue weighted by molar-refractivity contribution is 7.09. The Balaban J connectivity index is 2.13. The number of benzene rings is 1. The van der Waals surface area contributed by atoms with E-state index in [1.165, 1.54) is 36.0 Å². The van der Waals surface area contributed by atoms with Crippen LogP contribution in [0.2, 0.25) is 0 Å². The van der Waals surface area contributed by atoms with Gasteiger partial charge in [-0.1, -0.05) is 0 Å². The third-order valence-electron chi connectivity index (χ3n) is 2.55. The van der Waals surface area contributed by atoms with Crippen LogP contribution in [0.3, 0.4) is 0 Å². The third kappa shape index (κ3) is 3.66. The Morgan fingerprint density at radius 3 is 2.86 bits per heavy atom. The Bertz CT molecular complexity index is 685. The van der Waals surface area contributed by atoms with Crippen molar-refractivity contribution in [2.45, 2.75) is 6.54 Å². The molecule has 1 heterocycles. The summed E-state index contributed by atoms with van der Waals surface area (Å²) < 4.78 is 5.00. The number of methoxy groups -OCH3 is 1. The Labute approximate surface area is 123 Å². The predicted molar refractivity (Wildman–Crippen MR) is 76.0 cm³/mol. The van der Waals surface area contributed by atoms with Crippen LogP contribution < -0.4 is 10.1 Å². The molecule has 0 aliphatic heterocycles. The molecule has 1 aromatic carbocycles. The van der Waals surface area contributed by atoms with Crippen molar-refractivity contribution in [3.63, 3.8) is 0 Å². The van der Waals surface area contributed by atoms with Gasteiger partial charge in [0.2, 0.25) is 0 Å². The molecule has 0 spiro atoms. The number of aromatic nitrogens is 1. The number of carboxylic acid groups (broad SMARTS) is 1. The number of nitro groups is 1. The number of nitrogens with zero attached hydrogens (tertiary/aromatic N) is 2. The highest BCUT2D eigenvalue weighted by Gasteiger charge is 2.12. The topological polar surface area (TPSA) is 115 Å². The van der Waals surface area contributed by atoms with Gasteiger partial charge in [0.15, 0.2) is 5.69 Å². The molecule has 0 fully saturated rings. The van der Waals surface area contributed by atoms with Gasteiger partial charge in [-0.25, -0.2) is 9.78 Å². The predicted octanol–water partition coefficient (Wildman–Crippen LogP) is 2.37. The van der Waals surface area contributed by atoms with Gasteiger partial charge < -0.3 is 15.2 Å². The Hall–Kier alpha value is -2.68. The molecule has 0 saturated heterocycles. The van der Waals surface area contributed by atoms with Crippen molar-refractivity contribution in [1.29, 1.82) is 0 Å². The minimum Gasteiger partial charge on any atom is -0.496 e. The van der Waals surface area contributed by atoms with E-state index >= 15 is 0 Å². The lowest BCUT2D eigenvalue weighted by atomic mass is 10.2. The molecule has 2 N–H and O–H groups in total. The molecular weight excluding hydrogens is 298 g/mol. The molecule has 21 heavy (non-hydrogen) atoms. The molecule has 1 aromatic heterocycles. The zero-order chi connectivity index (χ0) is 15.4. The number of carboxylic acids is 1. The molecule has 0 aliphatic rings. The van der Waals surface area contributed by atoms with Crippen LogP contribution in [0.5, 0.6) is 5.75 Å². The average Bonchev–Trinajstić information content (AvgIpc) is 2.93. The van der Waals surface area contributed by atoms with Crippen molar-refractivity contribution in [2.75, 3.05) is 12.4 Å². The fourth-order valence-electron chi connectivity index (χ4n) is 1.58. The number of aromatic carboxylic acids is 1. The van der Waals surface area contributed by atoms with Gasteiger partial charge >= 0.3 is 5.97 Å². The number of non-ortho nitro benzene ring substituents is 1. The minimum atomic E-state index is -1.09. The maximum Gasteiger partial charge on any atom is 0.355 e. The van der Waals surface area contributed by atoms with Crippen molar-refractivity contribution >= 4 is 28.7 Å². The number of thiazole rings is 1. The van der Waals surface area contributed by atoms with Crippen molar-refractivity contribution in [3.8, 4) is 5.75 Å². The van der Waals surface area contributed by atoms with Gasteiger partial charge in [0.05, 0.1) is 24.6 Å². The summed E-state index contributed by atoms with van der Waals surface area (Å²) in [6, 6.07) is 4.30. The number of hydrogen-bond acceptors (Lipinski definition) is 7. The first-order valence-electron chi connectivity index (χ1n) is 5.74. The SMILES string of the molecule is COc1cc(NCc2nc(C(=O)O)cs2)cc([N+](=O)[O-])c1. The molecule has 0 bridgehead atoms. The monoisotopic (exact) mass is 309 g/mol. The standard InChI is InChI=1S/C12H11N3O5S/c1-20-9-3-7(2-8(4-9)15(18)19)13-5-11-14-10(6-21-11)12(16)17/h2-4,6,13H,5H2,1H3,(H,16,17). The van der Waals surface area contributed by atoms with Crippen molar-refractivity contribution < 1.29 is 19.6 Å². The van der Waals surface area contributed by atoms with Gasteiger partial charge in [-0.3, -0.25) is 10.1 Å². The lowest BCUT2D eigenvalue weighted by molar-refractivity contribution is -0.384. The molecule has 0 radical (unpaired) electrons. The maximum absolute atomic E-state index is 10.8. The van der Waals surface area contributed by atoms with Crippen molar-refractivity contribution in [3.05, 3.63) is 44.4 Å². The molecule has 2 rings (SSSR count). The number of nitrogens with one attached hydrogen (secondary N) is 1. The second-order valence-corrected chi connectivity index (χ2v) is 4.90. The van der Waals surface area contributed by atoms with Crippen molar-refractivity contribution in [1.82, 2.24) is 4.98 Å². The Kier molecular flexibility index (Phi) is 4.33. The molecule has 2 aromatic rings. The van der Waals surface area contributed by atoms with Crippen LogP contribution in [0, 0.1) is 10.1 Å². The largest absolute Gasteiger partial charge is 0.496 e. The first-order valence-corrected chi connectivity index (χ1v) is 6.62. The Morgan fingerprint density at radius 1 is 1.52 bits per heavy atom. The summed E-state index contributed by atoms with van der Waals surface area (Å²) >= 11 is 1.20. The maximum atomic E-state index is 10.8. The van der Waals surface area contributed by atoms with E-state index < -0.39 is 10.9 Å². The summed E-state index contributed by atoms with van der Waals surface area (Å²) in [4.78, 5) is 24.9. The van der Waals surface area contributed by atoms with Crippen molar-refractivity contribution in [2.24, 2.45) is 0 Å². The van der Waals surface area contributed by atoms with Gasteiger partial charge in [0, 0.05) is 23.2 Å².